The Labute approximate surface area is 165 Å². The molecule has 2 aromatic rings. The fourth-order valence-corrected chi connectivity index (χ4v) is 2.34. The molecule has 10 nitrogen and oxygen atoms in total. The highest BCUT2D eigenvalue weighted by Crippen LogP contribution is 2.15. The number of amides is 2. The molecule has 0 aliphatic carbocycles. The topological polar surface area (TPSA) is 152 Å². The molecule has 0 saturated heterocycles. The molecule has 3 N–H and O–H groups in total. The first-order valence-electron chi connectivity index (χ1n) is 8.53. The number of carboxylic acid groups (broad SMARTS) is 1. The van der Waals surface area contributed by atoms with Crippen LogP contribution in [0.15, 0.2) is 52.8 Å². The fraction of sp³-hybridized carbons (Fsp3) is 0.211. The molecule has 1 heterocycles. The van der Waals surface area contributed by atoms with Crippen molar-refractivity contribution in [2.24, 2.45) is 5.92 Å². The lowest BCUT2D eigenvalue weighted by Gasteiger charge is -2.19. The number of carbonyl (C=O) groups is 3. The first-order valence-corrected chi connectivity index (χ1v) is 8.53. The van der Waals surface area contributed by atoms with Crippen molar-refractivity contribution >= 4 is 29.5 Å². The molecule has 0 fully saturated rings. The summed E-state index contributed by atoms with van der Waals surface area (Å²) in [5.74, 6) is -3.22. The Hall–Kier alpha value is -3.95. The quantitative estimate of drug-likeness (QED) is 0.348. The van der Waals surface area contributed by atoms with Gasteiger partial charge in [-0.3, -0.25) is 19.7 Å². The van der Waals surface area contributed by atoms with Crippen molar-refractivity contribution in [3.63, 3.8) is 0 Å². The van der Waals surface area contributed by atoms with Crippen LogP contribution in [0.5, 0.6) is 0 Å². The molecule has 0 aliphatic rings. The van der Waals surface area contributed by atoms with Crippen LogP contribution in [0.4, 0.5) is 5.69 Å². The summed E-state index contributed by atoms with van der Waals surface area (Å²) in [7, 11) is 0. The van der Waals surface area contributed by atoms with Gasteiger partial charge in [-0.2, -0.15) is 0 Å². The second-order valence-electron chi connectivity index (χ2n) is 6.37. The third-order valence-corrected chi connectivity index (χ3v) is 3.87. The van der Waals surface area contributed by atoms with E-state index in [2.05, 4.69) is 10.6 Å². The summed E-state index contributed by atoms with van der Waals surface area (Å²) < 4.78 is 4.99. The number of nitro benzene ring substituents is 1. The second kappa shape index (κ2) is 9.31. The van der Waals surface area contributed by atoms with Crippen LogP contribution in [0.1, 0.15) is 30.0 Å². The van der Waals surface area contributed by atoms with Gasteiger partial charge in [0.15, 0.2) is 5.76 Å². The zero-order valence-electron chi connectivity index (χ0n) is 15.6. The number of aliphatic carboxylic acids is 1. The van der Waals surface area contributed by atoms with E-state index in [1.165, 1.54) is 48.7 Å². The summed E-state index contributed by atoms with van der Waals surface area (Å²) in [6.45, 7) is 3.25. The maximum atomic E-state index is 12.7. The maximum Gasteiger partial charge on any atom is 0.326 e. The average molecular weight is 401 g/mol. The lowest BCUT2D eigenvalue weighted by atomic mass is 10.0. The Morgan fingerprint density at radius 1 is 1.17 bits per heavy atom. The van der Waals surface area contributed by atoms with E-state index in [4.69, 9.17) is 4.42 Å². The van der Waals surface area contributed by atoms with E-state index in [1.54, 1.807) is 13.8 Å². The van der Waals surface area contributed by atoms with Gasteiger partial charge >= 0.3 is 5.97 Å². The van der Waals surface area contributed by atoms with Crippen molar-refractivity contribution in [2.45, 2.75) is 19.9 Å². The summed E-state index contributed by atoms with van der Waals surface area (Å²) in [6.07, 6.45) is 2.56. The summed E-state index contributed by atoms with van der Waals surface area (Å²) in [5, 5.41) is 24.8. The van der Waals surface area contributed by atoms with Crippen molar-refractivity contribution < 1.29 is 28.8 Å². The van der Waals surface area contributed by atoms with Crippen molar-refractivity contribution in [1.29, 1.82) is 0 Å². The maximum absolute atomic E-state index is 12.7. The van der Waals surface area contributed by atoms with Gasteiger partial charge in [-0.25, -0.2) is 4.79 Å². The average Bonchev–Trinajstić information content (AvgIpc) is 3.20. The summed E-state index contributed by atoms with van der Waals surface area (Å²) in [6, 6.07) is 6.97. The van der Waals surface area contributed by atoms with Gasteiger partial charge in [-0.05, 0) is 41.8 Å². The van der Waals surface area contributed by atoms with E-state index < -0.39 is 34.7 Å². The normalized spacial score (nSPS) is 12.3. The minimum absolute atomic E-state index is 0.0500. The smallest absolute Gasteiger partial charge is 0.326 e. The van der Waals surface area contributed by atoms with E-state index in [0.717, 1.165) is 0 Å². The molecule has 0 unspecified atom stereocenters. The van der Waals surface area contributed by atoms with Crippen LogP contribution < -0.4 is 10.6 Å². The van der Waals surface area contributed by atoms with Crippen molar-refractivity contribution in [1.82, 2.24) is 10.6 Å². The number of furan rings is 1. The number of rotatable bonds is 8. The Balaban J connectivity index is 2.33. The van der Waals surface area contributed by atoms with E-state index in [9.17, 15) is 29.6 Å². The molecule has 0 saturated carbocycles. The van der Waals surface area contributed by atoms with Crippen LogP contribution in [-0.4, -0.2) is 33.9 Å². The van der Waals surface area contributed by atoms with Crippen LogP contribution in [0.2, 0.25) is 0 Å². The van der Waals surface area contributed by atoms with Crippen molar-refractivity contribution in [3.05, 3.63) is 69.8 Å². The Morgan fingerprint density at radius 2 is 1.83 bits per heavy atom. The number of hydrogen-bond donors (Lipinski definition) is 3. The lowest BCUT2D eigenvalue weighted by molar-refractivity contribution is -0.384. The molecule has 10 heteroatoms. The summed E-state index contributed by atoms with van der Waals surface area (Å²) >= 11 is 0. The molecule has 0 spiro atoms. The molecule has 29 heavy (non-hydrogen) atoms. The number of carbonyl (C=O) groups excluding carboxylic acids is 2. The molecule has 1 atom stereocenters. The van der Waals surface area contributed by atoms with Gasteiger partial charge in [-0.1, -0.05) is 13.8 Å². The van der Waals surface area contributed by atoms with Crippen LogP contribution in [-0.2, 0) is 9.59 Å². The molecule has 2 rings (SSSR count). The van der Waals surface area contributed by atoms with Crippen LogP contribution in [0, 0.1) is 16.0 Å². The van der Waals surface area contributed by atoms with Crippen LogP contribution in [0.3, 0.4) is 0 Å². The standard InChI is InChI=1S/C19H19N3O7/c1-11(2)16(19(25)26)21-17(23)14(20-18(24)15-4-3-9-29-15)10-12-5-7-13(8-6-12)22(27)28/h3-11,16H,1-2H3,(H,20,24)(H,21,23)(H,25,26)/b14-10-/t16-/m1/s1. The van der Waals surface area contributed by atoms with Gasteiger partial charge in [0.25, 0.3) is 17.5 Å². The predicted molar refractivity (Wildman–Crippen MR) is 102 cm³/mol. The highest BCUT2D eigenvalue weighted by Gasteiger charge is 2.26. The Kier molecular flexibility index (Phi) is 6.85. The van der Waals surface area contributed by atoms with E-state index >= 15 is 0 Å². The molecule has 1 aromatic heterocycles. The molecule has 1 aromatic carbocycles. The highest BCUT2D eigenvalue weighted by molar-refractivity contribution is 6.05. The van der Waals surface area contributed by atoms with Gasteiger partial charge in [0, 0.05) is 12.1 Å². The molecule has 0 radical (unpaired) electrons. The first kappa shape index (κ1) is 21.4. The molecule has 0 bridgehead atoms. The fourth-order valence-electron chi connectivity index (χ4n) is 2.34. The van der Waals surface area contributed by atoms with E-state index in [-0.39, 0.29) is 17.1 Å². The molecule has 0 aliphatic heterocycles. The molecular formula is C19H19N3O7. The number of benzene rings is 1. The predicted octanol–water partition coefficient (Wildman–Crippen LogP) is 2.18. The lowest BCUT2D eigenvalue weighted by Crippen LogP contribution is -2.47. The van der Waals surface area contributed by atoms with Gasteiger partial charge < -0.3 is 20.2 Å². The molecule has 152 valence electrons. The third-order valence-electron chi connectivity index (χ3n) is 3.87. The van der Waals surface area contributed by atoms with Gasteiger partial charge in [0.05, 0.1) is 11.2 Å². The van der Waals surface area contributed by atoms with Gasteiger partial charge in [0.1, 0.15) is 11.7 Å². The Bertz CT molecular complexity index is 931. The summed E-state index contributed by atoms with van der Waals surface area (Å²) in [4.78, 5) is 46.5. The van der Waals surface area contributed by atoms with E-state index in [1.807, 2.05) is 0 Å². The molecular weight excluding hydrogens is 382 g/mol. The minimum Gasteiger partial charge on any atom is -0.480 e. The number of non-ortho nitro benzene ring substituents is 1. The van der Waals surface area contributed by atoms with Gasteiger partial charge in [0.2, 0.25) is 0 Å². The van der Waals surface area contributed by atoms with Gasteiger partial charge in [-0.15, -0.1) is 0 Å². The van der Waals surface area contributed by atoms with Crippen molar-refractivity contribution in [2.75, 3.05) is 0 Å². The monoisotopic (exact) mass is 401 g/mol. The second-order valence-corrected chi connectivity index (χ2v) is 6.37. The summed E-state index contributed by atoms with van der Waals surface area (Å²) in [5.41, 5.74) is 0.00240. The van der Waals surface area contributed by atoms with Crippen molar-refractivity contribution in [3.8, 4) is 0 Å². The van der Waals surface area contributed by atoms with Crippen LogP contribution in [0.25, 0.3) is 6.08 Å². The first-order chi connectivity index (χ1) is 13.7. The number of hydrogen-bond acceptors (Lipinski definition) is 6. The SMILES string of the molecule is CC(C)[C@@H](NC(=O)/C(=C/c1ccc([N+](=O)[O-])cc1)NC(=O)c1ccco1)C(=O)O. The Morgan fingerprint density at radius 3 is 2.31 bits per heavy atom. The third kappa shape index (κ3) is 5.76. The minimum atomic E-state index is -1.22. The van der Waals surface area contributed by atoms with E-state index in [0.29, 0.717) is 5.56 Å². The molecule has 2 amide bonds. The largest absolute Gasteiger partial charge is 0.480 e. The number of carboxylic acids is 1. The zero-order valence-corrected chi connectivity index (χ0v) is 15.6. The number of nitrogens with one attached hydrogen (secondary N) is 2. The number of nitrogens with zero attached hydrogens (tertiary/aromatic N) is 1. The highest BCUT2D eigenvalue weighted by atomic mass is 16.6. The van der Waals surface area contributed by atoms with Crippen LogP contribution >= 0.6 is 0 Å². The number of nitro groups is 1. The zero-order chi connectivity index (χ0) is 21.6.